The van der Waals surface area contributed by atoms with E-state index in [1.165, 1.54) is 18.2 Å². The minimum atomic E-state index is -0.537. The van der Waals surface area contributed by atoms with Crippen molar-refractivity contribution in [2.24, 2.45) is 0 Å². The van der Waals surface area contributed by atoms with Gasteiger partial charge in [-0.05, 0) is 36.0 Å². The Kier molecular flexibility index (Phi) is 7.21. The van der Waals surface area contributed by atoms with Crippen LogP contribution in [0.1, 0.15) is 16.7 Å². The number of imide groups is 1. The molecule has 0 unspecified atom stereocenters. The third-order valence-corrected chi connectivity index (χ3v) is 6.49. The van der Waals surface area contributed by atoms with Crippen molar-refractivity contribution in [3.05, 3.63) is 108 Å². The molecule has 1 aliphatic rings. The summed E-state index contributed by atoms with van der Waals surface area (Å²) in [5.74, 6) is -0.0253. The molecule has 0 saturated carbocycles. The van der Waals surface area contributed by atoms with Crippen molar-refractivity contribution in [3.63, 3.8) is 0 Å². The van der Waals surface area contributed by atoms with Crippen LogP contribution in [-0.4, -0.2) is 21.0 Å². The van der Waals surface area contributed by atoms with Gasteiger partial charge >= 0.3 is 0 Å². The number of nitro groups is 1. The van der Waals surface area contributed by atoms with Crippen molar-refractivity contribution < 1.29 is 19.2 Å². The first kappa shape index (κ1) is 23.8. The van der Waals surface area contributed by atoms with Crippen LogP contribution in [0.25, 0.3) is 6.08 Å². The lowest BCUT2D eigenvalue weighted by atomic mass is 10.1. The first-order chi connectivity index (χ1) is 16.3. The molecule has 1 fully saturated rings. The van der Waals surface area contributed by atoms with E-state index in [2.05, 4.69) is 0 Å². The molecule has 1 aliphatic heterocycles. The highest BCUT2D eigenvalue weighted by Crippen LogP contribution is 2.36. The molecule has 1 saturated heterocycles. The van der Waals surface area contributed by atoms with Gasteiger partial charge in [0.15, 0.2) is 0 Å². The lowest BCUT2D eigenvalue weighted by Gasteiger charge is -2.13. The second-order valence-corrected chi connectivity index (χ2v) is 9.05. The fourth-order valence-corrected chi connectivity index (χ4v) is 4.59. The monoisotopic (exact) mass is 514 g/mol. The Morgan fingerprint density at radius 2 is 1.74 bits per heavy atom. The van der Waals surface area contributed by atoms with Crippen LogP contribution in [0.2, 0.25) is 10.0 Å². The van der Waals surface area contributed by atoms with E-state index in [4.69, 9.17) is 27.9 Å². The van der Waals surface area contributed by atoms with Gasteiger partial charge in [-0.15, -0.1) is 0 Å². The molecule has 7 nitrogen and oxygen atoms in total. The normalized spacial score (nSPS) is 14.6. The van der Waals surface area contributed by atoms with Gasteiger partial charge in [-0.1, -0.05) is 65.7 Å². The largest absolute Gasteiger partial charge is 0.488 e. The molecule has 172 valence electrons. The van der Waals surface area contributed by atoms with Gasteiger partial charge in [0.1, 0.15) is 12.4 Å². The van der Waals surface area contributed by atoms with E-state index < -0.39 is 16.1 Å². The predicted molar refractivity (Wildman–Crippen MR) is 132 cm³/mol. The maximum atomic E-state index is 12.9. The third-order valence-electron chi connectivity index (χ3n) is 4.99. The van der Waals surface area contributed by atoms with E-state index >= 15 is 0 Å². The SMILES string of the molecule is O=C1S/C(=C\c2ccccc2OCc2ccc(Cl)cc2Cl)C(=O)N1Cc1ccccc1[N+](=O)[O-]. The minimum absolute atomic E-state index is 0.148. The molecular formula is C24H16Cl2N2O5S. The molecule has 3 aromatic rings. The molecule has 34 heavy (non-hydrogen) atoms. The second-order valence-electron chi connectivity index (χ2n) is 7.22. The fraction of sp³-hybridized carbons (Fsp3) is 0.0833. The molecule has 0 atom stereocenters. The van der Waals surface area contributed by atoms with Gasteiger partial charge in [-0.3, -0.25) is 24.6 Å². The number of thioether (sulfide) groups is 1. The van der Waals surface area contributed by atoms with Crippen molar-refractivity contribution in [3.8, 4) is 5.75 Å². The van der Waals surface area contributed by atoms with E-state index in [9.17, 15) is 19.7 Å². The van der Waals surface area contributed by atoms with Crippen LogP contribution in [0.4, 0.5) is 10.5 Å². The predicted octanol–water partition coefficient (Wildman–Crippen LogP) is 6.72. The zero-order chi connectivity index (χ0) is 24.2. The number of nitro benzene ring substituents is 1. The first-order valence-corrected chi connectivity index (χ1v) is 11.5. The summed E-state index contributed by atoms with van der Waals surface area (Å²) < 4.78 is 5.91. The second kappa shape index (κ2) is 10.3. The highest BCUT2D eigenvalue weighted by molar-refractivity contribution is 8.18. The van der Waals surface area contributed by atoms with Crippen molar-refractivity contribution in [1.29, 1.82) is 0 Å². The Hall–Kier alpha value is -3.33. The Bertz CT molecular complexity index is 1330. The van der Waals surface area contributed by atoms with Crippen molar-refractivity contribution >= 4 is 57.9 Å². The number of benzene rings is 3. The Morgan fingerprint density at radius 1 is 1.00 bits per heavy atom. The Morgan fingerprint density at radius 3 is 2.50 bits per heavy atom. The lowest BCUT2D eigenvalue weighted by molar-refractivity contribution is -0.385. The summed E-state index contributed by atoms with van der Waals surface area (Å²) in [6.45, 7) is -0.00756. The number of ether oxygens (including phenoxy) is 1. The number of para-hydroxylation sites is 2. The van der Waals surface area contributed by atoms with Gasteiger partial charge in [0, 0.05) is 32.8 Å². The van der Waals surface area contributed by atoms with Crippen molar-refractivity contribution in [1.82, 2.24) is 4.90 Å². The molecule has 4 rings (SSSR count). The standard InChI is InChI=1S/C24H16Cl2N2O5S/c25-18-10-9-17(19(26)12-18)14-33-21-8-4-2-5-15(21)11-22-23(29)27(24(30)34-22)13-16-6-1-3-7-20(16)28(31)32/h1-12H,13-14H2/b22-11-. The van der Waals surface area contributed by atoms with E-state index in [-0.39, 0.29) is 29.3 Å². The number of carbonyl (C=O) groups is 2. The highest BCUT2D eigenvalue weighted by atomic mass is 35.5. The Balaban J connectivity index is 1.54. The molecule has 2 amide bonds. The zero-order valence-corrected chi connectivity index (χ0v) is 19.8. The average molecular weight is 515 g/mol. The van der Waals surface area contributed by atoms with E-state index in [0.717, 1.165) is 22.2 Å². The number of nitrogens with zero attached hydrogens (tertiary/aromatic N) is 2. The highest BCUT2D eigenvalue weighted by Gasteiger charge is 2.36. The number of rotatable bonds is 7. The Labute approximate surface area is 209 Å². The smallest absolute Gasteiger partial charge is 0.293 e. The topological polar surface area (TPSA) is 89.8 Å². The van der Waals surface area contributed by atoms with Crippen LogP contribution < -0.4 is 4.74 Å². The molecule has 3 aromatic carbocycles. The zero-order valence-electron chi connectivity index (χ0n) is 17.4. The van der Waals surface area contributed by atoms with Crippen LogP contribution in [0.3, 0.4) is 0 Å². The van der Waals surface area contributed by atoms with Crippen LogP contribution >= 0.6 is 35.0 Å². The number of amides is 2. The molecule has 0 N–H and O–H groups in total. The van der Waals surface area contributed by atoms with Gasteiger partial charge in [0.25, 0.3) is 16.8 Å². The quantitative estimate of drug-likeness (QED) is 0.197. The lowest BCUT2D eigenvalue weighted by Crippen LogP contribution is -2.27. The number of carbonyl (C=O) groups excluding carboxylic acids is 2. The summed E-state index contributed by atoms with van der Waals surface area (Å²) in [6, 6.07) is 18.2. The molecular weight excluding hydrogens is 499 g/mol. The molecule has 0 radical (unpaired) electrons. The number of hydrogen-bond acceptors (Lipinski definition) is 6. The summed E-state index contributed by atoms with van der Waals surface area (Å²) in [5.41, 5.74) is 1.47. The van der Waals surface area contributed by atoms with Crippen molar-refractivity contribution in [2.45, 2.75) is 13.2 Å². The molecule has 0 spiro atoms. The van der Waals surface area contributed by atoms with Gasteiger partial charge in [-0.2, -0.15) is 0 Å². The first-order valence-electron chi connectivity index (χ1n) is 9.97. The number of hydrogen-bond donors (Lipinski definition) is 0. The maximum Gasteiger partial charge on any atom is 0.293 e. The van der Waals surface area contributed by atoms with Crippen molar-refractivity contribution in [2.75, 3.05) is 0 Å². The van der Waals surface area contributed by atoms with Crippen LogP contribution in [0.5, 0.6) is 5.75 Å². The van der Waals surface area contributed by atoms with Crippen LogP contribution in [0, 0.1) is 10.1 Å². The summed E-state index contributed by atoms with van der Waals surface area (Å²) >= 11 is 12.9. The molecule has 0 aromatic heterocycles. The van der Waals surface area contributed by atoms with Gasteiger partial charge in [0.2, 0.25) is 0 Å². The average Bonchev–Trinajstić information content (AvgIpc) is 3.07. The molecule has 1 heterocycles. The van der Waals surface area contributed by atoms with Gasteiger partial charge in [-0.25, -0.2) is 0 Å². The fourth-order valence-electron chi connectivity index (χ4n) is 3.30. The van der Waals surface area contributed by atoms with E-state index in [0.29, 0.717) is 21.4 Å². The van der Waals surface area contributed by atoms with E-state index in [1.807, 2.05) is 0 Å². The van der Waals surface area contributed by atoms with Crippen LogP contribution in [-0.2, 0) is 17.9 Å². The number of halogens is 2. The molecule has 0 aliphatic carbocycles. The summed E-state index contributed by atoms with van der Waals surface area (Å²) in [6.07, 6.45) is 1.57. The molecule has 0 bridgehead atoms. The summed E-state index contributed by atoms with van der Waals surface area (Å²) in [5, 5.41) is 11.8. The van der Waals surface area contributed by atoms with Gasteiger partial charge in [0.05, 0.1) is 16.4 Å². The summed E-state index contributed by atoms with van der Waals surface area (Å²) in [7, 11) is 0. The third kappa shape index (κ3) is 5.25. The summed E-state index contributed by atoms with van der Waals surface area (Å²) in [4.78, 5) is 37.4. The van der Waals surface area contributed by atoms with Gasteiger partial charge < -0.3 is 4.74 Å². The minimum Gasteiger partial charge on any atom is -0.488 e. The van der Waals surface area contributed by atoms with Crippen LogP contribution in [0.15, 0.2) is 71.6 Å². The molecule has 10 heteroatoms. The maximum absolute atomic E-state index is 12.9. The van der Waals surface area contributed by atoms with E-state index in [1.54, 1.807) is 54.6 Å².